The fourth-order valence-corrected chi connectivity index (χ4v) is 1.05. The molecule has 0 bridgehead atoms. The molecule has 1 saturated heterocycles. The average molecular weight is 172 g/mol. The molecular weight excluding hydrogens is 160 g/mol. The average Bonchev–Trinajstić information content (AvgIpc) is 2.01. The Morgan fingerprint density at radius 3 is 1.92 bits per heavy atom. The SMILES string of the molecule is CC1OC(=O)CCCCC(=O)O1. The van der Waals surface area contributed by atoms with E-state index in [1.807, 2.05) is 0 Å². The van der Waals surface area contributed by atoms with Crippen molar-refractivity contribution in [2.24, 2.45) is 0 Å². The van der Waals surface area contributed by atoms with Gasteiger partial charge in [-0.1, -0.05) is 0 Å². The first-order chi connectivity index (χ1) is 5.68. The van der Waals surface area contributed by atoms with Crippen LogP contribution in [0, 0.1) is 0 Å². The summed E-state index contributed by atoms with van der Waals surface area (Å²) in [4.78, 5) is 21.8. The molecule has 0 saturated carbocycles. The number of carbonyl (C=O) groups is 2. The van der Waals surface area contributed by atoms with Gasteiger partial charge in [0.15, 0.2) is 0 Å². The third-order valence-corrected chi connectivity index (χ3v) is 1.61. The minimum absolute atomic E-state index is 0.294. The van der Waals surface area contributed by atoms with E-state index in [1.54, 1.807) is 6.92 Å². The lowest BCUT2D eigenvalue weighted by Crippen LogP contribution is -2.19. The van der Waals surface area contributed by atoms with Crippen molar-refractivity contribution in [3.63, 3.8) is 0 Å². The third kappa shape index (κ3) is 2.90. The maximum Gasteiger partial charge on any atom is 0.308 e. The van der Waals surface area contributed by atoms with Crippen LogP contribution in [-0.4, -0.2) is 18.2 Å². The van der Waals surface area contributed by atoms with Crippen LogP contribution in [0.1, 0.15) is 32.6 Å². The normalized spacial score (nSPS) is 21.8. The summed E-state index contributed by atoms with van der Waals surface area (Å²) >= 11 is 0. The minimum Gasteiger partial charge on any atom is -0.425 e. The second kappa shape index (κ2) is 4.09. The lowest BCUT2D eigenvalue weighted by molar-refractivity contribution is -0.183. The predicted molar refractivity (Wildman–Crippen MR) is 40.1 cm³/mol. The molecule has 0 aromatic heterocycles. The zero-order valence-corrected chi connectivity index (χ0v) is 7.04. The van der Waals surface area contributed by atoms with Crippen LogP contribution in [0.15, 0.2) is 0 Å². The molecule has 0 spiro atoms. The van der Waals surface area contributed by atoms with Gasteiger partial charge >= 0.3 is 11.9 Å². The standard InChI is InChI=1S/C8H12O4/c1-6-11-7(9)4-2-3-5-8(10)12-6/h6H,2-5H2,1H3. The van der Waals surface area contributed by atoms with Crippen LogP contribution in [0.5, 0.6) is 0 Å². The smallest absolute Gasteiger partial charge is 0.308 e. The van der Waals surface area contributed by atoms with Crippen molar-refractivity contribution in [1.29, 1.82) is 0 Å². The highest BCUT2D eigenvalue weighted by Crippen LogP contribution is 2.09. The lowest BCUT2D eigenvalue weighted by Gasteiger charge is -2.11. The van der Waals surface area contributed by atoms with Gasteiger partial charge in [0, 0.05) is 19.8 Å². The summed E-state index contributed by atoms with van der Waals surface area (Å²) in [6, 6.07) is 0. The molecule has 0 unspecified atom stereocenters. The third-order valence-electron chi connectivity index (χ3n) is 1.61. The van der Waals surface area contributed by atoms with E-state index in [-0.39, 0.29) is 11.9 Å². The highest BCUT2D eigenvalue weighted by molar-refractivity contribution is 5.72. The van der Waals surface area contributed by atoms with Crippen LogP contribution in [0.2, 0.25) is 0 Å². The van der Waals surface area contributed by atoms with Crippen molar-refractivity contribution in [2.75, 3.05) is 0 Å². The molecule has 4 heteroatoms. The Kier molecular flexibility index (Phi) is 3.08. The number of carbonyl (C=O) groups excluding carboxylic acids is 2. The zero-order chi connectivity index (χ0) is 8.97. The number of cyclic esters (lactones) is 2. The summed E-state index contributed by atoms with van der Waals surface area (Å²) in [5.41, 5.74) is 0. The Labute approximate surface area is 70.8 Å². The van der Waals surface area contributed by atoms with Gasteiger partial charge in [-0.3, -0.25) is 9.59 Å². The van der Waals surface area contributed by atoms with E-state index in [0.29, 0.717) is 25.7 Å². The summed E-state index contributed by atoms with van der Waals surface area (Å²) in [6.45, 7) is 1.54. The first kappa shape index (κ1) is 9.03. The molecule has 0 aromatic carbocycles. The molecule has 4 nitrogen and oxygen atoms in total. The number of hydrogen-bond donors (Lipinski definition) is 0. The highest BCUT2D eigenvalue weighted by Gasteiger charge is 2.16. The molecule has 1 fully saturated rings. The largest absolute Gasteiger partial charge is 0.425 e. The van der Waals surface area contributed by atoms with Crippen LogP contribution in [0.25, 0.3) is 0 Å². The number of ether oxygens (including phenoxy) is 2. The van der Waals surface area contributed by atoms with Crippen LogP contribution < -0.4 is 0 Å². The van der Waals surface area contributed by atoms with Crippen molar-refractivity contribution < 1.29 is 19.1 Å². The summed E-state index contributed by atoms with van der Waals surface area (Å²) in [5.74, 6) is -0.589. The first-order valence-electron chi connectivity index (χ1n) is 4.07. The van der Waals surface area contributed by atoms with E-state index in [2.05, 4.69) is 0 Å². The monoisotopic (exact) mass is 172 g/mol. The summed E-state index contributed by atoms with van der Waals surface area (Å²) < 4.78 is 9.52. The van der Waals surface area contributed by atoms with Crippen LogP contribution in [-0.2, 0) is 19.1 Å². The van der Waals surface area contributed by atoms with Crippen molar-refractivity contribution in [3.05, 3.63) is 0 Å². The van der Waals surface area contributed by atoms with E-state index >= 15 is 0 Å². The number of rotatable bonds is 0. The molecule has 0 aromatic rings. The summed E-state index contributed by atoms with van der Waals surface area (Å²) in [6.07, 6.45) is 1.41. The fraction of sp³-hybridized carbons (Fsp3) is 0.750. The molecule has 1 aliphatic heterocycles. The van der Waals surface area contributed by atoms with Crippen molar-refractivity contribution >= 4 is 11.9 Å². The molecule has 0 N–H and O–H groups in total. The molecular formula is C8H12O4. The second-order valence-electron chi connectivity index (χ2n) is 2.75. The van der Waals surface area contributed by atoms with Crippen LogP contribution in [0.4, 0.5) is 0 Å². The quantitative estimate of drug-likeness (QED) is 0.511. The van der Waals surface area contributed by atoms with Gasteiger partial charge in [0.2, 0.25) is 6.29 Å². The Balaban J connectivity index is 2.48. The van der Waals surface area contributed by atoms with Crippen molar-refractivity contribution in [2.45, 2.75) is 38.9 Å². The van der Waals surface area contributed by atoms with E-state index in [1.165, 1.54) is 0 Å². The van der Waals surface area contributed by atoms with Crippen molar-refractivity contribution in [1.82, 2.24) is 0 Å². The van der Waals surface area contributed by atoms with Gasteiger partial charge in [-0.2, -0.15) is 0 Å². The first-order valence-corrected chi connectivity index (χ1v) is 4.07. The molecule has 1 heterocycles. The summed E-state index contributed by atoms with van der Waals surface area (Å²) in [5, 5.41) is 0. The van der Waals surface area contributed by atoms with Crippen LogP contribution in [0.3, 0.4) is 0 Å². The zero-order valence-electron chi connectivity index (χ0n) is 7.04. The number of hydrogen-bond acceptors (Lipinski definition) is 4. The highest BCUT2D eigenvalue weighted by atomic mass is 16.7. The van der Waals surface area contributed by atoms with E-state index in [4.69, 9.17) is 9.47 Å². The van der Waals surface area contributed by atoms with Crippen LogP contribution >= 0.6 is 0 Å². The van der Waals surface area contributed by atoms with E-state index < -0.39 is 6.29 Å². The fourth-order valence-electron chi connectivity index (χ4n) is 1.05. The molecule has 0 aliphatic carbocycles. The summed E-state index contributed by atoms with van der Waals surface area (Å²) in [7, 11) is 0. The predicted octanol–water partition coefficient (Wildman–Crippen LogP) is 0.993. The van der Waals surface area contributed by atoms with Gasteiger partial charge < -0.3 is 9.47 Å². The molecule has 12 heavy (non-hydrogen) atoms. The Morgan fingerprint density at radius 2 is 1.50 bits per heavy atom. The van der Waals surface area contributed by atoms with Gasteiger partial charge in [0.25, 0.3) is 0 Å². The Morgan fingerprint density at radius 1 is 1.08 bits per heavy atom. The maximum absolute atomic E-state index is 10.9. The Bertz CT molecular complexity index is 167. The maximum atomic E-state index is 10.9. The topological polar surface area (TPSA) is 52.6 Å². The van der Waals surface area contributed by atoms with Gasteiger partial charge in [0.05, 0.1) is 0 Å². The van der Waals surface area contributed by atoms with E-state index in [9.17, 15) is 9.59 Å². The molecule has 0 radical (unpaired) electrons. The van der Waals surface area contributed by atoms with Gasteiger partial charge in [-0.05, 0) is 12.8 Å². The van der Waals surface area contributed by atoms with Gasteiger partial charge in [0.1, 0.15) is 0 Å². The minimum atomic E-state index is -0.733. The molecule has 1 rings (SSSR count). The van der Waals surface area contributed by atoms with Crippen molar-refractivity contribution in [3.8, 4) is 0 Å². The number of esters is 2. The lowest BCUT2D eigenvalue weighted by atomic mass is 10.2. The van der Waals surface area contributed by atoms with Gasteiger partial charge in [-0.25, -0.2) is 0 Å². The van der Waals surface area contributed by atoms with Gasteiger partial charge in [-0.15, -0.1) is 0 Å². The molecule has 0 amide bonds. The molecule has 0 atom stereocenters. The second-order valence-corrected chi connectivity index (χ2v) is 2.75. The molecule has 1 aliphatic rings. The Hall–Kier alpha value is -1.06. The van der Waals surface area contributed by atoms with E-state index in [0.717, 1.165) is 0 Å². The molecule has 68 valence electrons.